The van der Waals surface area contributed by atoms with Crippen LogP contribution in [0.1, 0.15) is 32.1 Å². The average molecular weight is 257 g/mol. The van der Waals surface area contributed by atoms with E-state index in [9.17, 15) is 4.79 Å². The van der Waals surface area contributed by atoms with Gasteiger partial charge < -0.3 is 14.4 Å². The van der Waals surface area contributed by atoms with E-state index in [1.807, 2.05) is 6.08 Å². The zero-order valence-corrected chi connectivity index (χ0v) is 11.8. The summed E-state index contributed by atoms with van der Waals surface area (Å²) in [7, 11) is 3.12. The van der Waals surface area contributed by atoms with Gasteiger partial charge in [-0.1, -0.05) is 12.5 Å². The van der Waals surface area contributed by atoms with Gasteiger partial charge in [0.25, 0.3) is 0 Å². The fraction of sp³-hybridized carbons (Fsp3) is 0.786. The molecule has 0 atom stereocenters. The van der Waals surface area contributed by atoms with E-state index in [0.717, 1.165) is 32.5 Å². The molecular formula is C14H27NO3. The van der Waals surface area contributed by atoms with Gasteiger partial charge in [0.2, 0.25) is 0 Å². The third-order valence-electron chi connectivity index (χ3n) is 2.85. The molecule has 4 heteroatoms. The largest absolute Gasteiger partial charge is 0.469 e. The molecule has 0 heterocycles. The molecule has 0 aromatic heterocycles. The molecule has 0 aromatic carbocycles. The Morgan fingerprint density at radius 2 is 1.94 bits per heavy atom. The first kappa shape index (κ1) is 17.1. The van der Waals surface area contributed by atoms with Gasteiger partial charge in [0.1, 0.15) is 0 Å². The summed E-state index contributed by atoms with van der Waals surface area (Å²) in [5.41, 5.74) is 0. The molecule has 0 aliphatic heterocycles. The van der Waals surface area contributed by atoms with Crippen molar-refractivity contribution >= 4 is 5.97 Å². The van der Waals surface area contributed by atoms with Crippen molar-refractivity contribution in [3.05, 3.63) is 12.7 Å². The second kappa shape index (κ2) is 12.6. The number of hydrogen-bond acceptors (Lipinski definition) is 4. The Bertz CT molecular complexity index is 219. The fourth-order valence-electron chi connectivity index (χ4n) is 1.71. The second-order valence-corrected chi connectivity index (χ2v) is 4.30. The summed E-state index contributed by atoms with van der Waals surface area (Å²) in [6, 6.07) is 0. The minimum absolute atomic E-state index is 0.149. The summed E-state index contributed by atoms with van der Waals surface area (Å²) in [6.45, 7) is 7.04. The summed E-state index contributed by atoms with van der Waals surface area (Å²) < 4.78 is 9.73. The van der Waals surface area contributed by atoms with Crippen LogP contribution in [0.5, 0.6) is 0 Å². The number of ether oxygens (including phenoxy) is 2. The quantitative estimate of drug-likeness (QED) is 0.305. The van der Waals surface area contributed by atoms with E-state index in [-0.39, 0.29) is 5.97 Å². The Kier molecular flexibility index (Phi) is 12.0. The van der Waals surface area contributed by atoms with E-state index >= 15 is 0 Å². The number of rotatable bonds is 12. The highest BCUT2D eigenvalue weighted by Gasteiger charge is 2.07. The topological polar surface area (TPSA) is 38.8 Å². The molecule has 0 rings (SSSR count). The molecular weight excluding hydrogens is 230 g/mol. The monoisotopic (exact) mass is 257 g/mol. The first-order valence-electron chi connectivity index (χ1n) is 6.63. The van der Waals surface area contributed by atoms with Crippen LogP contribution in [0.3, 0.4) is 0 Å². The maximum atomic E-state index is 11.1. The first-order chi connectivity index (χ1) is 8.74. The predicted octanol–water partition coefficient (Wildman–Crippen LogP) is 2.24. The molecule has 0 saturated carbocycles. The summed E-state index contributed by atoms with van der Waals surface area (Å²) in [4.78, 5) is 13.4. The molecule has 0 N–H and O–H groups in total. The molecule has 0 bridgehead atoms. The maximum absolute atomic E-state index is 11.1. The molecule has 18 heavy (non-hydrogen) atoms. The summed E-state index contributed by atoms with van der Waals surface area (Å²) in [5, 5.41) is 0. The molecule has 0 fully saturated rings. The Labute approximate surface area is 111 Å². The number of carbonyl (C=O) groups is 1. The van der Waals surface area contributed by atoms with Crippen LogP contribution in [-0.4, -0.2) is 51.3 Å². The molecule has 0 spiro atoms. The molecule has 0 radical (unpaired) electrons. The zero-order chi connectivity index (χ0) is 13.6. The van der Waals surface area contributed by atoms with E-state index in [2.05, 4.69) is 16.2 Å². The number of allylic oxidation sites excluding steroid dienone is 1. The van der Waals surface area contributed by atoms with Crippen molar-refractivity contribution in [3.63, 3.8) is 0 Å². The van der Waals surface area contributed by atoms with E-state index in [1.165, 1.54) is 20.0 Å². The Balaban J connectivity index is 3.75. The van der Waals surface area contributed by atoms with Crippen LogP contribution >= 0.6 is 0 Å². The lowest BCUT2D eigenvalue weighted by Gasteiger charge is -2.21. The van der Waals surface area contributed by atoms with Gasteiger partial charge >= 0.3 is 5.97 Å². The normalized spacial score (nSPS) is 10.6. The van der Waals surface area contributed by atoms with E-state index in [0.29, 0.717) is 13.0 Å². The maximum Gasteiger partial charge on any atom is 0.306 e. The number of nitrogens with zero attached hydrogens (tertiary/aromatic N) is 1. The van der Waals surface area contributed by atoms with Gasteiger partial charge in [0.05, 0.1) is 20.1 Å². The highest BCUT2D eigenvalue weighted by atomic mass is 16.5. The van der Waals surface area contributed by atoms with Crippen LogP contribution in [0.25, 0.3) is 0 Å². The van der Waals surface area contributed by atoms with E-state index in [4.69, 9.17) is 4.74 Å². The van der Waals surface area contributed by atoms with Gasteiger partial charge in [-0.3, -0.25) is 4.79 Å². The van der Waals surface area contributed by atoms with Crippen molar-refractivity contribution in [2.45, 2.75) is 32.1 Å². The lowest BCUT2D eigenvalue weighted by molar-refractivity contribution is -0.141. The molecule has 0 saturated heterocycles. The van der Waals surface area contributed by atoms with Crippen molar-refractivity contribution in [1.29, 1.82) is 0 Å². The fourth-order valence-corrected chi connectivity index (χ4v) is 1.71. The van der Waals surface area contributed by atoms with Crippen molar-refractivity contribution in [2.75, 3.05) is 40.5 Å². The minimum atomic E-state index is -0.149. The van der Waals surface area contributed by atoms with Crippen LogP contribution in [0, 0.1) is 0 Å². The molecule has 0 unspecified atom stereocenters. The lowest BCUT2D eigenvalue weighted by Crippen LogP contribution is -2.31. The third-order valence-corrected chi connectivity index (χ3v) is 2.85. The zero-order valence-electron chi connectivity index (χ0n) is 11.8. The number of esters is 1. The molecule has 0 amide bonds. The van der Waals surface area contributed by atoms with Crippen LogP contribution in [0.2, 0.25) is 0 Å². The molecule has 0 aliphatic rings. The number of hydrogen-bond donors (Lipinski definition) is 0. The van der Waals surface area contributed by atoms with Gasteiger partial charge in [0, 0.05) is 20.2 Å². The third kappa shape index (κ3) is 10.3. The van der Waals surface area contributed by atoms with Gasteiger partial charge in [0.15, 0.2) is 0 Å². The highest BCUT2D eigenvalue weighted by molar-refractivity contribution is 5.69. The average Bonchev–Trinajstić information content (AvgIpc) is 2.40. The van der Waals surface area contributed by atoms with Crippen LogP contribution < -0.4 is 0 Å². The Hall–Kier alpha value is -0.870. The van der Waals surface area contributed by atoms with Crippen molar-refractivity contribution in [1.82, 2.24) is 4.90 Å². The van der Waals surface area contributed by atoms with Crippen molar-refractivity contribution < 1.29 is 14.3 Å². The lowest BCUT2D eigenvalue weighted by atomic mass is 10.2. The summed E-state index contributed by atoms with van der Waals surface area (Å²) >= 11 is 0. The SMILES string of the molecule is C=CCCCCCN(CCOC)CCC(=O)OC. The van der Waals surface area contributed by atoms with E-state index < -0.39 is 0 Å². The van der Waals surface area contributed by atoms with Gasteiger partial charge in [-0.05, 0) is 25.8 Å². The standard InChI is InChI=1S/C14H27NO3/c1-4-5-6-7-8-10-15(12-13-17-2)11-9-14(16)18-3/h4H,1,5-13H2,2-3H3. The van der Waals surface area contributed by atoms with E-state index in [1.54, 1.807) is 7.11 Å². The van der Waals surface area contributed by atoms with Gasteiger partial charge in [-0.2, -0.15) is 0 Å². The molecule has 0 aromatic rings. The number of methoxy groups -OCH3 is 2. The predicted molar refractivity (Wildman–Crippen MR) is 73.6 cm³/mol. The van der Waals surface area contributed by atoms with Crippen LogP contribution in [-0.2, 0) is 14.3 Å². The van der Waals surface area contributed by atoms with Crippen molar-refractivity contribution in [2.24, 2.45) is 0 Å². The van der Waals surface area contributed by atoms with Gasteiger partial charge in [-0.25, -0.2) is 0 Å². The number of carbonyl (C=O) groups excluding carboxylic acids is 1. The summed E-state index contributed by atoms with van der Waals surface area (Å²) in [5.74, 6) is -0.149. The molecule has 106 valence electrons. The summed E-state index contributed by atoms with van der Waals surface area (Å²) in [6.07, 6.45) is 7.04. The Morgan fingerprint density at radius 1 is 1.17 bits per heavy atom. The van der Waals surface area contributed by atoms with Crippen molar-refractivity contribution in [3.8, 4) is 0 Å². The minimum Gasteiger partial charge on any atom is -0.469 e. The van der Waals surface area contributed by atoms with Gasteiger partial charge in [-0.15, -0.1) is 6.58 Å². The smallest absolute Gasteiger partial charge is 0.306 e. The Morgan fingerprint density at radius 3 is 2.56 bits per heavy atom. The second-order valence-electron chi connectivity index (χ2n) is 4.30. The molecule has 4 nitrogen and oxygen atoms in total. The number of unbranched alkanes of at least 4 members (excludes halogenated alkanes) is 3. The highest BCUT2D eigenvalue weighted by Crippen LogP contribution is 2.03. The first-order valence-corrected chi connectivity index (χ1v) is 6.63. The van der Waals surface area contributed by atoms with Crippen LogP contribution in [0.4, 0.5) is 0 Å². The molecule has 0 aliphatic carbocycles. The van der Waals surface area contributed by atoms with Crippen LogP contribution in [0.15, 0.2) is 12.7 Å².